The molecule has 1 saturated heterocycles. The van der Waals surface area contributed by atoms with E-state index in [0.717, 1.165) is 0 Å². The first-order valence-electron chi connectivity index (χ1n) is 8.85. The van der Waals surface area contributed by atoms with E-state index < -0.39 is 21.5 Å². The molecule has 1 aliphatic heterocycles. The molecule has 0 unspecified atom stereocenters. The third kappa shape index (κ3) is 7.56. The molecule has 150 valence electrons. The minimum Gasteiger partial charge on any atom is -0.444 e. The summed E-state index contributed by atoms with van der Waals surface area (Å²) in [5.41, 5.74) is 0.287. The van der Waals surface area contributed by atoms with E-state index in [1.807, 2.05) is 4.90 Å². The van der Waals surface area contributed by atoms with Crippen LogP contribution in [0.25, 0.3) is 0 Å². The number of sulfone groups is 1. The second-order valence-electron chi connectivity index (χ2n) is 7.46. The summed E-state index contributed by atoms with van der Waals surface area (Å²) in [6.07, 6.45) is -0.583. The highest BCUT2D eigenvalue weighted by atomic mass is 32.2. The molecule has 1 aromatic rings. The van der Waals surface area contributed by atoms with Gasteiger partial charge in [-0.1, -0.05) is 6.07 Å². The number of carbonyl (C=O) groups is 2. The van der Waals surface area contributed by atoms with Gasteiger partial charge in [0.25, 0.3) is 5.91 Å². The predicted molar refractivity (Wildman–Crippen MR) is 104 cm³/mol. The molecule has 0 aromatic heterocycles. The molecule has 2 amide bonds. The first kappa shape index (κ1) is 21.2. The predicted octanol–water partition coefficient (Wildman–Crippen LogP) is 1.49. The number of hydrogen-bond acceptors (Lipinski definition) is 6. The van der Waals surface area contributed by atoms with E-state index in [0.29, 0.717) is 37.4 Å². The average molecular weight is 397 g/mol. The van der Waals surface area contributed by atoms with Crippen LogP contribution in [0.4, 0.5) is 10.5 Å². The zero-order valence-electron chi connectivity index (χ0n) is 15.9. The van der Waals surface area contributed by atoms with Crippen molar-refractivity contribution in [3.05, 3.63) is 29.8 Å². The van der Waals surface area contributed by atoms with Crippen molar-refractivity contribution >= 4 is 27.5 Å². The Kier molecular flexibility index (Phi) is 6.83. The van der Waals surface area contributed by atoms with Crippen LogP contribution in [-0.2, 0) is 14.6 Å². The molecule has 0 bridgehead atoms. The molecule has 0 atom stereocenters. The van der Waals surface area contributed by atoms with Gasteiger partial charge in [-0.25, -0.2) is 13.2 Å². The lowest BCUT2D eigenvalue weighted by atomic mass is 10.2. The van der Waals surface area contributed by atoms with Gasteiger partial charge >= 0.3 is 6.09 Å². The van der Waals surface area contributed by atoms with Crippen molar-refractivity contribution in [3.8, 4) is 0 Å². The number of ether oxygens (including phenoxy) is 1. The minimum atomic E-state index is -2.90. The van der Waals surface area contributed by atoms with Crippen LogP contribution in [-0.4, -0.2) is 68.6 Å². The molecule has 1 heterocycles. The lowest BCUT2D eigenvalue weighted by Gasteiger charge is -2.26. The number of nitrogens with zero attached hydrogens (tertiary/aromatic N) is 1. The van der Waals surface area contributed by atoms with Crippen LogP contribution < -0.4 is 10.6 Å². The smallest absolute Gasteiger partial charge is 0.412 e. The van der Waals surface area contributed by atoms with Crippen LogP contribution in [0.15, 0.2) is 24.3 Å². The molecule has 9 heteroatoms. The van der Waals surface area contributed by atoms with Gasteiger partial charge in [0.1, 0.15) is 5.60 Å². The van der Waals surface area contributed by atoms with E-state index in [1.165, 1.54) is 0 Å². The molecule has 1 aromatic carbocycles. The van der Waals surface area contributed by atoms with Crippen molar-refractivity contribution < 1.29 is 22.7 Å². The van der Waals surface area contributed by atoms with E-state index in [1.54, 1.807) is 45.0 Å². The highest BCUT2D eigenvalue weighted by molar-refractivity contribution is 7.91. The van der Waals surface area contributed by atoms with Gasteiger partial charge < -0.3 is 10.1 Å². The Labute approximate surface area is 160 Å². The second kappa shape index (κ2) is 8.71. The second-order valence-corrected chi connectivity index (χ2v) is 9.76. The lowest BCUT2D eigenvalue weighted by molar-refractivity contribution is 0.0635. The Balaban J connectivity index is 1.82. The standard InChI is InChI=1S/C18H27N3O5S/c1-18(2,3)26-17(23)20-15-6-4-5-14(13-15)16(22)19-7-8-21-9-11-27(24,25)12-10-21/h4-6,13H,7-12H2,1-3H3,(H,19,22)(H,20,23). The lowest BCUT2D eigenvalue weighted by Crippen LogP contribution is -2.43. The zero-order valence-corrected chi connectivity index (χ0v) is 16.8. The Hall–Kier alpha value is -2.13. The molecule has 0 saturated carbocycles. The number of carbonyl (C=O) groups excluding carboxylic acids is 2. The summed E-state index contributed by atoms with van der Waals surface area (Å²) in [6, 6.07) is 6.59. The summed E-state index contributed by atoms with van der Waals surface area (Å²) in [7, 11) is -2.90. The molecule has 8 nitrogen and oxygen atoms in total. The molecule has 2 rings (SSSR count). The van der Waals surface area contributed by atoms with Gasteiger partial charge in [0.2, 0.25) is 0 Å². The Bertz CT molecular complexity index is 772. The van der Waals surface area contributed by atoms with Crippen molar-refractivity contribution in [1.82, 2.24) is 10.2 Å². The van der Waals surface area contributed by atoms with Crippen LogP contribution in [0, 0.1) is 0 Å². The van der Waals surface area contributed by atoms with Crippen LogP contribution in [0.2, 0.25) is 0 Å². The molecule has 2 N–H and O–H groups in total. The number of hydrogen-bond donors (Lipinski definition) is 2. The molecule has 0 radical (unpaired) electrons. The molecule has 1 fully saturated rings. The number of anilines is 1. The quantitative estimate of drug-likeness (QED) is 0.780. The summed E-state index contributed by atoms with van der Waals surface area (Å²) in [4.78, 5) is 26.1. The van der Waals surface area contributed by atoms with Gasteiger partial charge in [0, 0.05) is 37.4 Å². The number of amides is 2. The fourth-order valence-corrected chi connectivity index (χ4v) is 3.84. The largest absolute Gasteiger partial charge is 0.444 e. The van der Waals surface area contributed by atoms with E-state index in [2.05, 4.69) is 10.6 Å². The van der Waals surface area contributed by atoms with Crippen LogP contribution >= 0.6 is 0 Å². The zero-order chi connectivity index (χ0) is 20.1. The van der Waals surface area contributed by atoms with E-state index >= 15 is 0 Å². The third-order valence-corrected chi connectivity index (χ3v) is 5.53. The van der Waals surface area contributed by atoms with Gasteiger partial charge in [0.15, 0.2) is 9.84 Å². The summed E-state index contributed by atoms with van der Waals surface area (Å²) in [5, 5.41) is 5.41. The molecule has 27 heavy (non-hydrogen) atoms. The van der Waals surface area contributed by atoms with Gasteiger partial charge in [-0.3, -0.25) is 15.0 Å². The SMILES string of the molecule is CC(C)(C)OC(=O)Nc1cccc(C(=O)NCCN2CCS(=O)(=O)CC2)c1. The van der Waals surface area contributed by atoms with Gasteiger partial charge in [-0.2, -0.15) is 0 Å². The maximum absolute atomic E-state index is 12.3. The maximum Gasteiger partial charge on any atom is 0.412 e. The summed E-state index contributed by atoms with van der Waals surface area (Å²) in [5.74, 6) is 0.0750. The Morgan fingerprint density at radius 1 is 1.19 bits per heavy atom. The van der Waals surface area contributed by atoms with Gasteiger partial charge in [-0.15, -0.1) is 0 Å². The van der Waals surface area contributed by atoms with E-state index in [-0.39, 0.29) is 17.4 Å². The third-order valence-electron chi connectivity index (χ3n) is 3.92. The average Bonchev–Trinajstić information content (AvgIpc) is 2.54. The van der Waals surface area contributed by atoms with Crippen LogP contribution in [0.1, 0.15) is 31.1 Å². The van der Waals surface area contributed by atoms with Crippen molar-refractivity contribution in [2.45, 2.75) is 26.4 Å². The monoisotopic (exact) mass is 397 g/mol. The van der Waals surface area contributed by atoms with Crippen LogP contribution in [0.3, 0.4) is 0 Å². The number of benzene rings is 1. The normalized spacial score (nSPS) is 17.1. The van der Waals surface area contributed by atoms with E-state index in [9.17, 15) is 18.0 Å². The molecular weight excluding hydrogens is 370 g/mol. The van der Waals surface area contributed by atoms with E-state index in [4.69, 9.17) is 4.74 Å². The molecular formula is C18H27N3O5S. The topological polar surface area (TPSA) is 105 Å². The number of nitrogens with one attached hydrogen (secondary N) is 2. The van der Waals surface area contributed by atoms with Gasteiger partial charge in [0.05, 0.1) is 11.5 Å². The van der Waals surface area contributed by atoms with Crippen molar-refractivity contribution in [3.63, 3.8) is 0 Å². The summed E-state index contributed by atoms with van der Waals surface area (Å²) >= 11 is 0. The number of rotatable bonds is 5. The maximum atomic E-state index is 12.3. The Morgan fingerprint density at radius 2 is 1.85 bits per heavy atom. The molecule has 1 aliphatic rings. The van der Waals surface area contributed by atoms with Crippen molar-refractivity contribution in [2.75, 3.05) is 43.0 Å². The van der Waals surface area contributed by atoms with Gasteiger partial charge in [-0.05, 0) is 39.0 Å². The first-order valence-corrected chi connectivity index (χ1v) is 10.7. The molecule has 0 aliphatic carbocycles. The minimum absolute atomic E-state index is 0.166. The summed E-state index contributed by atoms with van der Waals surface area (Å²) in [6.45, 7) is 7.32. The Morgan fingerprint density at radius 3 is 2.48 bits per heavy atom. The highest BCUT2D eigenvalue weighted by Gasteiger charge is 2.21. The van der Waals surface area contributed by atoms with Crippen molar-refractivity contribution in [1.29, 1.82) is 0 Å². The van der Waals surface area contributed by atoms with Crippen LogP contribution in [0.5, 0.6) is 0 Å². The van der Waals surface area contributed by atoms with Crippen molar-refractivity contribution in [2.24, 2.45) is 0 Å². The fourth-order valence-electron chi connectivity index (χ4n) is 2.56. The summed E-state index contributed by atoms with van der Waals surface area (Å²) < 4.78 is 28.0. The fraction of sp³-hybridized carbons (Fsp3) is 0.556. The highest BCUT2D eigenvalue weighted by Crippen LogP contribution is 2.13. The molecule has 0 spiro atoms. The first-order chi connectivity index (χ1) is 12.5.